The number of hydrogen-bond donors (Lipinski definition) is 2. The van der Waals surface area contributed by atoms with Crippen molar-refractivity contribution in [2.45, 2.75) is 69.2 Å². The highest BCUT2D eigenvalue weighted by Gasteiger charge is 2.50. The molecule has 2 N–H and O–H groups in total. The molecule has 6 heterocycles. The van der Waals surface area contributed by atoms with Crippen LogP contribution in [0, 0.1) is 19.7 Å². The van der Waals surface area contributed by atoms with E-state index in [0.717, 1.165) is 47.5 Å². The largest absolute Gasteiger partial charge is 0.461 e. The average Bonchev–Trinajstić information content (AvgIpc) is 3.75. The molecule has 242 valence electrons. The average molecular weight is 656 g/mol. The van der Waals surface area contributed by atoms with E-state index < -0.39 is 29.1 Å². The van der Waals surface area contributed by atoms with Gasteiger partial charge in [0.25, 0.3) is 6.08 Å². The summed E-state index contributed by atoms with van der Waals surface area (Å²) in [5.74, 6) is -0.275. The third kappa shape index (κ3) is 4.74. The van der Waals surface area contributed by atoms with Gasteiger partial charge in [-0.15, -0.1) is 0 Å². The second kappa shape index (κ2) is 10.8. The van der Waals surface area contributed by atoms with Gasteiger partial charge in [-0.05, 0) is 69.3 Å². The predicted molar refractivity (Wildman–Crippen MR) is 169 cm³/mol. The quantitative estimate of drug-likeness (QED) is 0.226. The summed E-state index contributed by atoms with van der Waals surface area (Å²) in [7, 11) is 0. The Balaban J connectivity index is 1.29. The topological polar surface area (TPSA) is 82.2 Å². The Bertz CT molecular complexity index is 1910. The van der Waals surface area contributed by atoms with Crippen LogP contribution < -0.4 is 15.0 Å². The number of aromatic nitrogens is 4. The fraction of sp³-hybridized carbons (Fsp3) is 0.485. The van der Waals surface area contributed by atoms with Crippen LogP contribution in [0.1, 0.15) is 43.2 Å². The first-order chi connectivity index (χ1) is 22.0. The highest BCUT2D eigenvalue weighted by Crippen LogP contribution is 2.45. The number of piperazine rings is 1. The summed E-state index contributed by atoms with van der Waals surface area (Å²) in [5, 5.41) is 11.7. The van der Waals surface area contributed by atoms with E-state index in [4.69, 9.17) is 21.3 Å². The number of hydrogen-bond acceptors (Lipinski definition) is 7. The fourth-order valence-electron chi connectivity index (χ4n) is 8.44. The van der Waals surface area contributed by atoms with Gasteiger partial charge in [0.2, 0.25) is 0 Å². The number of rotatable bonds is 6. The van der Waals surface area contributed by atoms with Crippen LogP contribution in [-0.2, 0) is 0 Å². The van der Waals surface area contributed by atoms with E-state index in [1.54, 1.807) is 12.3 Å². The van der Waals surface area contributed by atoms with E-state index >= 15 is 4.39 Å². The molecule has 13 heteroatoms. The molecule has 4 aliphatic rings. The summed E-state index contributed by atoms with van der Waals surface area (Å²) in [5.41, 5.74) is 1.94. The molecular formula is C33H34ClF4N7O. The molecule has 4 atom stereocenters. The Morgan fingerprint density at radius 2 is 2.00 bits per heavy atom. The molecule has 0 unspecified atom stereocenters. The van der Waals surface area contributed by atoms with Crippen LogP contribution in [0.3, 0.4) is 0 Å². The van der Waals surface area contributed by atoms with Gasteiger partial charge in [-0.3, -0.25) is 10.00 Å². The molecule has 0 spiro atoms. The van der Waals surface area contributed by atoms with Gasteiger partial charge in [-0.25, -0.2) is 8.78 Å². The van der Waals surface area contributed by atoms with Gasteiger partial charge < -0.3 is 15.0 Å². The van der Waals surface area contributed by atoms with Crippen molar-refractivity contribution in [2.75, 3.05) is 37.7 Å². The van der Waals surface area contributed by atoms with Crippen molar-refractivity contribution < 1.29 is 22.3 Å². The molecule has 8 rings (SSSR count). The van der Waals surface area contributed by atoms with Gasteiger partial charge in [-0.2, -0.15) is 23.8 Å². The molecule has 0 aliphatic carbocycles. The first-order valence-corrected chi connectivity index (χ1v) is 16.1. The smallest absolute Gasteiger partial charge is 0.319 e. The Morgan fingerprint density at radius 1 is 1.15 bits per heavy atom. The summed E-state index contributed by atoms with van der Waals surface area (Å²) >= 11 is 6.93. The number of alkyl halides is 1. The molecule has 2 aromatic heterocycles. The van der Waals surface area contributed by atoms with Crippen molar-refractivity contribution in [3.05, 3.63) is 52.5 Å². The third-order valence-corrected chi connectivity index (χ3v) is 10.9. The van der Waals surface area contributed by atoms with E-state index in [9.17, 15) is 13.2 Å². The predicted octanol–water partition coefficient (Wildman–Crippen LogP) is 6.63. The molecule has 0 radical (unpaired) electrons. The molecule has 4 aliphatic heterocycles. The van der Waals surface area contributed by atoms with E-state index in [1.165, 1.54) is 0 Å². The number of anilines is 1. The number of H-pyrrole nitrogens is 1. The maximum Gasteiger partial charge on any atom is 0.319 e. The molecular weight excluding hydrogens is 622 g/mol. The highest BCUT2D eigenvalue weighted by molar-refractivity contribution is 6.35. The van der Waals surface area contributed by atoms with Crippen molar-refractivity contribution in [2.24, 2.45) is 0 Å². The van der Waals surface area contributed by atoms with E-state index in [-0.39, 0.29) is 41.3 Å². The summed E-state index contributed by atoms with van der Waals surface area (Å²) < 4.78 is 65.0. The van der Waals surface area contributed by atoms with Gasteiger partial charge in [0.05, 0.1) is 27.8 Å². The second-order valence-electron chi connectivity index (χ2n) is 13.5. The molecule has 4 saturated heterocycles. The normalized spacial score (nSPS) is 27.6. The molecule has 0 amide bonds. The van der Waals surface area contributed by atoms with Crippen LogP contribution in [0.25, 0.3) is 32.9 Å². The van der Waals surface area contributed by atoms with Crippen molar-refractivity contribution in [1.82, 2.24) is 30.4 Å². The van der Waals surface area contributed by atoms with E-state index in [0.29, 0.717) is 49.1 Å². The Hall–Kier alpha value is -3.48. The number of ether oxygens (including phenoxy) is 1. The van der Waals surface area contributed by atoms with Crippen molar-refractivity contribution in [3.63, 3.8) is 0 Å². The zero-order chi connectivity index (χ0) is 32.0. The zero-order valence-corrected chi connectivity index (χ0v) is 26.3. The number of nitrogens with zero attached hydrogens (tertiary/aromatic N) is 5. The Labute approximate surface area is 268 Å². The monoisotopic (exact) mass is 655 g/mol. The number of aromatic amines is 1. The van der Waals surface area contributed by atoms with Crippen LogP contribution in [-0.4, -0.2) is 81.1 Å². The van der Waals surface area contributed by atoms with Crippen LogP contribution in [0.5, 0.6) is 6.01 Å². The lowest BCUT2D eigenvalue weighted by Crippen LogP contribution is -2.59. The van der Waals surface area contributed by atoms with Crippen LogP contribution in [0.2, 0.25) is 5.02 Å². The summed E-state index contributed by atoms with van der Waals surface area (Å²) in [6, 6.07) is 3.51. The lowest BCUT2D eigenvalue weighted by molar-refractivity contribution is 0.107. The number of fused-ring (bicyclic) bond motifs is 5. The van der Waals surface area contributed by atoms with Gasteiger partial charge in [0, 0.05) is 60.1 Å². The van der Waals surface area contributed by atoms with Crippen LogP contribution in [0.4, 0.5) is 23.4 Å². The van der Waals surface area contributed by atoms with Crippen LogP contribution >= 0.6 is 11.6 Å². The minimum Gasteiger partial charge on any atom is -0.461 e. The van der Waals surface area contributed by atoms with Gasteiger partial charge in [0.1, 0.15) is 24.1 Å². The number of halogens is 5. The van der Waals surface area contributed by atoms with Gasteiger partial charge in [-0.1, -0.05) is 11.6 Å². The maximum atomic E-state index is 17.0. The van der Waals surface area contributed by atoms with Crippen molar-refractivity contribution in [3.8, 4) is 17.1 Å². The zero-order valence-electron chi connectivity index (χ0n) is 25.6. The second-order valence-corrected chi connectivity index (χ2v) is 13.9. The molecule has 0 saturated carbocycles. The lowest BCUT2D eigenvalue weighted by Gasteiger charge is -2.40. The molecule has 2 bridgehead atoms. The SMILES string of the molecule is Cc1cc2[nH]ncc2c(-c2c(Cl)cc3c(N4C[C@H]5CC[C@@](C=C(F)F)(C4)N5)nc(OC[C@@]45CCCN4C[C@H](F)C5)nc3c2F)c1C. The maximum absolute atomic E-state index is 17.0. The standard InChI is InChI=1S/C33H34ClF4N7O/c1-17-8-24-22(12-39-43-24)26(18(17)2)27-23(34)9-21-29(28(27)38)40-31(46-16-33-5-3-7-45(33)13-19(35)10-33)41-30(21)44-14-20-4-6-32(15-44,42-20)11-25(36)37/h8-9,11-12,19-20,42H,3-7,10,13-16H2,1-2H3,(H,39,43)/t19-,20-,32-,33+/m1/s1. The highest BCUT2D eigenvalue weighted by atomic mass is 35.5. The van der Waals surface area contributed by atoms with E-state index in [1.807, 2.05) is 24.8 Å². The van der Waals surface area contributed by atoms with Gasteiger partial charge >= 0.3 is 6.01 Å². The Morgan fingerprint density at radius 3 is 2.83 bits per heavy atom. The summed E-state index contributed by atoms with van der Waals surface area (Å²) in [4.78, 5) is 13.4. The number of benzene rings is 2. The fourth-order valence-corrected chi connectivity index (χ4v) is 8.73. The van der Waals surface area contributed by atoms with Crippen molar-refractivity contribution >= 4 is 39.2 Å². The van der Waals surface area contributed by atoms with E-state index in [2.05, 4.69) is 25.4 Å². The van der Waals surface area contributed by atoms with Gasteiger partial charge in [0.15, 0.2) is 5.82 Å². The first kappa shape index (κ1) is 29.9. The van der Waals surface area contributed by atoms with Crippen molar-refractivity contribution in [1.29, 1.82) is 0 Å². The molecule has 4 aromatic rings. The number of nitrogens with one attached hydrogen (secondary N) is 2. The molecule has 8 nitrogen and oxygen atoms in total. The summed E-state index contributed by atoms with van der Waals surface area (Å²) in [6.07, 6.45) is 3.27. The lowest BCUT2D eigenvalue weighted by atomic mass is 9.92. The third-order valence-electron chi connectivity index (χ3n) is 10.6. The molecule has 4 fully saturated rings. The number of aryl methyl sites for hydroxylation is 1. The minimum absolute atomic E-state index is 0.0136. The Kier molecular flexibility index (Phi) is 7.01. The summed E-state index contributed by atoms with van der Waals surface area (Å²) in [6.45, 7) is 5.85. The molecule has 2 aromatic carbocycles. The minimum atomic E-state index is -1.76. The first-order valence-electron chi connectivity index (χ1n) is 15.8. The molecule has 46 heavy (non-hydrogen) atoms. The van der Waals surface area contributed by atoms with Crippen LogP contribution in [0.15, 0.2) is 30.5 Å².